The van der Waals surface area contributed by atoms with E-state index < -0.39 is 12.0 Å². The van der Waals surface area contributed by atoms with Crippen LogP contribution >= 0.6 is 11.8 Å². The monoisotopic (exact) mass is 576 g/mol. The topological polar surface area (TPSA) is 175 Å². The molecule has 0 saturated heterocycles. The molecule has 0 fully saturated rings. The summed E-state index contributed by atoms with van der Waals surface area (Å²) in [7, 11) is 3.38. The predicted molar refractivity (Wildman–Crippen MR) is 168 cm³/mol. The average molecular weight is 577 g/mol. The number of nitrogens with two attached hydrogens (primary N) is 2. The Hall–Kier alpha value is -3.60. The molecule has 0 unspecified atom stereocenters. The summed E-state index contributed by atoms with van der Waals surface area (Å²) in [5.41, 5.74) is 9.98. The maximum absolute atomic E-state index is 11.8. The van der Waals surface area contributed by atoms with Crippen LogP contribution in [0.5, 0.6) is 0 Å². The first-order valence-electron chi connectivity index (χ1n) is 13.3. The molecule has 0 aromatic rings. The Labute approximate surface area is 243 Å². The van der Waals surface area contributed by atoms with E-state index in [-0.39, 0.29) is 35.1 Å². The van der Waals surface area contributed by atoms with Crippen LogP contribution in [0.1, 0.15) is 65.2 Å². The lowest BCUT2D eigenvalue weighted by Gasteiger charge is -2.13. The summed E-state index contributed by atoms with van der Waals surface area (Å²) in [4.78, 5) is 38.9. The molecule has 11 heteroatoms. The highest BCUT2D eigenvalue weighted by Crippen LogP contribution is 2.06. The van der Waals surface area contributed by atoms with Crippen LogP contribution in [0, 0.1) is 5.41 Å². The van der Waals surface area contributed by atoms with Crippen molar-refractivity contribution < 1.29 is 19.5 Å². The van der Waals surface area contributed by atoms with E-state index in [9.17, 15) is 14.4 Å². The third kappa shape index (κ3) is 29.0. The van der Waals surface area contributed by atoms with Gasteiger partial charge in [-0.25, -0.2) is 4.79 Å². The van der Waals surface area contributed by atoms with Crippen LogP contribution in [-0.4, -0.2) is 64.8 Å². The second kappa shape index (κ2) is 27.0. The molecule has 1 amide bonds. The highest BCUT2D eigenvalue weighted by Gasteiger charge is 2.20. The van der Waals surface area contributed by atoms with Crippen LogP contribution in [0.4, 0.5) is 0 Å². The minimum absolute atomic E-state index is 0.0468. The van der Waals surface area contributed by atoms with E-state index in [2.05, 4.69) is 71.9 Å². The molecule has 0 aliphatic heterocycles. The van der Waals surface area contributed by atoms with Crippen molar-refractivity contribution in [2.24, 2.45) is 16.5 Å². The normalized spacial score (nSPS) is 12.1. The van der Waals surface area contributed by atoms with Gasteiger partial charge in [-0.1, -0.05) is 79.4 Å². The number of rotatable bonds is 17. The molecule has 0 aromatic carbocycles. The number of carboxylic acids is 1. The van der Waals surface area contributed by atoms with Gasteiger partial charge in [0.25, 0.3) is 0 Å². The van der Waals surface area contributed by atoms with E-state index in [0.717, 1.165) is 50.3 Å². The van der Waals surface area contributed by atoms with Crippen LogP contribution in [0.25, 0.3) is 0 Å². The number of nitrogens with one attached hydrogen (secondary N) is 2. The zero-order valence-corrected chi connectivity index (χ0v) is 25.2. The lowest BCUT2D eigenvalue weighted by atomic mass is 10.2. The maximum atomic E-state index is 11.8. The minimum atomic E-state index is -1.13. The Morgan fingerprint density at radius 1 is 0.925 bits per heavy atom. The number of hydrogen-bond acceptors (Lipinski definition) is 5. The van der Waals surface area contributed by atoms with Crippen LogP contribution in [0.15, 0.2) is 65.8 Å². The van der Waals surface area contributed by atoms with Gasteiger partial charge in [-0.15, -0.1) is 0 Å². The van der Waals surface area contributed by atoms with Crippen molar-refractivity contribution in [1.29, 1.82) is 5.41 Å². The number of aliphatic carboxylic acids is 1. The first kappa shape index (κ1) is 38.5. The van der Waals surface area contributed by atoms with Gasteiger partial charge in [0.1, 0.15) is 6.04 Å². The summed E-state index contributed by atoms with van der Waals surface area (Å²) in [6, 6.07) is -1.03. The number of allylic oxidation sites excluding steroid dienone is 10. The van der Waals surface area contributed by atoms with Gasteiger partial charge in [0, 0.05) is 33.2 Å². The van der Waals surface area contributed by atoms with Gasteiger partial charge in [-0.3, -0.25) is 15.0 Å². The number of carboxylic acid groups (broad SMARTS) is 1. The Balaban J connectivity index is 0. The molecule has 0 heterocycles. The number of nitrogens with zero attached hydrogens (tertiary/aromatic N) is 2. The van der Waals surface area contributed by atoms with E-state index in [0.29, 0.717) is 6.42 Å². The molecule has 0 aromatic heterocycles. The molecule has 0 aliphatic carbocycles. The Morgan fingerprint density at radius 2 is 1.40 bits per heavy atom. The van der Waals surface area contributed by atoms with E-state index in [1.165, 1.54) is 11.8 Å². The molecule has 7 N–H and O–H groups in total. The third-order valence-electron chi connectivity index (χ3n) is 4.68. The number of thioether (sulfide) groups is 1. The highest BCUT2D eigenvalue weighted by molar-refractivity contribution is 8.13. The molecule has 0 aliphatic rings. The van der Waals surface area contributed by atoms with Crippen LogP contribution in [0.2, 0.25) is 0 Å². The van der Waals surface area contributed by atoms with Gasteiger partial charge in [0.2, 0.25) is 11.9 Å². The lowest BCUT2D eigenvalue weighted by molar-refractivity contribution is -0.141. The van der Waals surface area contributed by atoms with Crippen molar-refractivity contribution in [3.05, 3.63) is 60.8 Å². The van der Waals surface area contributed by atoms with Crippen molar-refractivity contribution in [2.75, 3.05) is 19.8 Å². The van der Waals surface area contributed by atoms with Crippen molar-refractivity contribution in [1.82, 2.24) is 10.2 Å². The first-order chi connectivity index (χ1) is 19.0. The Morgan fingerprint density at radius 3 is 1.77 bits per heavy atom. The molecule has 0 bridgehead atoms. The quantitative estimate of drug-likeness (QED) is 0.0727. The fourth-order valence-electron chi connectivity index (χ4n) is 2.61. The number of carbonyl (C=O) groups excluding carboxylic acids is 2. The SMILES string of the molecule is CC/C=C\C/C=C\C/C=C\C/C=C\C/C=C\CCCC(=O)N[C@H](CSC(C)=O)C(=O)O.CN(C)C(=N)N=C(N)N. The molecule has 10 nitrogen and oxygen atoms in total. The second-order valence-electron chi connectivity index (χ2n) is 8.62. The Kier molecular flexibility index (Phi) is 26.0. The van der Waals surface area contributed by atoms with Crippen molar-refractivity contribution >= 4 is 40.7 Å². The van der Waals surface area contributed by atoms with Gasteiger partial charge < -0.3 is 26.8 Å². The summed E-state index contributed by atoms with van der Waals surface area (Å²) >= 11 is 0.899. The van der Waals surface area contributed by atoms with E-state index >= 15 is 0 Å². The van der Waals surface area contributed by atoms with Gasteiger partial charge in [0.15, 0.2) is 11.1 Å². The van der Waals surface area contributed by atoms with Crippen LogP contribution in [-0.2, 0) is 14.4 Å². The van der Waals surface area contributed by atoms with Crippen molar-refractivity contribution in [2.45, 2.75) is 71.3 Å². The van der Waals surface area contributed by atoms with Gasteiger partial charge in [-0.2, -0.15) is 4.99 Å². The molecule has 0 saturated carbocycles. The van der Waals surface area contributed by atoms with Crippen LogP contribution < -0.4 is 16.8 Å². The Bertz CT molecular complexity index is 919. The molecule has 224 valence electrons. The molecule has 0 rings (SSSR count). The number of aliphatic imine (C=N–C) groups is 1. The minimum Gasteiger partial charge on any atom is -0.480 e. The third-order valence-corrected chi connectivity index (χ3v) is 5.58. The molecular formula is C29H48N6O4S. The molecule has 0 radical (unpaired) electrons. The smallest absolute Gasteiger partial charge is 0.327 e. The van der Waals surface area contributed by atoms with Crippen LogP contribution in [0.3, 0.4) is 0 Å². The molecular weight excluding hydrogens is 528 g/mol. The summed E-state index contributed by atoms with van der Waals surface area (Å²) in [5, 5.41) is 18.4. The largest absolute Gasteiger partial charge is 0.480 e. The average Bonchev–Trinajstić information content (AvgIpc) is 2.88. The van der Waals surface area contributed by atoms with Crippen molar-refractivity contribution in [3.63, 3.8) is 0 Å². The summed E-state index contributed by atoms with van der Waals surface area (Å²) in [6.45, 7) is 3.50. The predicted octanol–water partition coefficient (Wildman–Crippen LogP) is 4.51. The van der Waals surface area contributed by atoms with E-state index in [1.54, 1.807) is 14.1 Å². The number of hydrogen-bond donors (Lipinski definition) is 5. The van der Waals surface area contributed by atoms with Gasteiger partial charge in [0.05, 0.1) is 0 Å². The number of unbranched alkanes of at least 4 members (excludes halogenated alkanes) is 1. The summed E-state index contributed by atoms with van der Waals surface area (Å²) in [5.74, 6) is -1.42. The fraction of sp³-hybridized carbons (Fsp3) is 0.483. The first-order valence-corrected chi connectivity index (χ1v) is 14.3. The lowest BCUT2D eigenvalue weighted by Crippen LogP contribution is -2.42. The molecule has 0 spiro atoms. The van der Waals surface area contributed by atoms with Crippen molar-refractivity contribution in [3.8, 4) is 0 Å². The highest BCUT2D eigenvalue weighted by atomic mass is 32.2. The summed E-state index contributed by atoms with van der Waals surface area (Å²) < 4.78 is 0. The summed E-state index contributed by atoms with van der Waals surface area (Å²) in [6.07, 6.45) is 27.9. The van der Waals surface area contributed by atoms with E-state index in [1.807, 2.05) is 6.08 Å². The van der Waals surface area contributed by atoms with Gasteiger partial charge in [-0.05, 0) is 44.9 Å². The fourth-order valence-corrected chi connectivity index (χ4v) is 3.24. The maximum Gasteiger partial charge on any atom is 0.327 e. The second-order valence-corrected chi connectivity index (χ2v) is 9.81. The number of guanidine groups is 2. The standard InChI is InChI=1S/C25H37NO4S.C4H11N5/c1-3-4-5-6-7-8-9-10-11-12-13-14-15-16-17-18-19-20-24(28)26-23(25(29)30)21-31-22(2)27;1-9(2)4(7)8-3(5)6/h4-5,7-8,10-11,13-14,16-17,23H,3,6,9,12,15,18-21H2,1-2H3,(H,26,28)(H,29,30);1-2H3,(H5,5,6,7,8)/b5-4-,8-7-,11-10-,14-13-,17-16-;/t23-;/m1./s1. The van der Waals surface area contributed by atoms with E-state index in [4.69, 9.17) is 22.0 Å². The number of amides is 1. The zero-order valence-electron chi connectivity index (χ0n) is 24.3. The molecule has 40 heavy (non-hydrogen) atoms. The zero-order chi connectivity index (χ0) is 30.6. The molecule has 1 atom stereocenters. The van der Waals surface area contributed by atoms with Gasteiger partial charge >= 0.3 is 5.97 Å². The number of carbonyl (C=O) groups is 3.